The molecule has 0 aliphatic heterocycles. The fourth-order valence-corrected chi connectivity index (χ4v) is 1.24. The van der Waals surface area contributed by atoms with Crippen LogP contribution in [0.2, 0.25) is 0 Å². The highest BCUT2D eigenvalue weighted by atomic mass is 16.4. The Bertz CT molecular complexity index is 464. The fourth-order valence-electron chi connectivity index (χ4n) is 1.24. The molecule has 0 aliphatic rings. The van der Waals surface area contributed by atoms with E-state index in [0.29, 0.717) is 5.56 Å². The van der Waals surface area contributed by atoms with Gasteiger partial charge in [-0.2, -0.15) is 0 Å². The van der Waals surface area contributed by atoms with Gasteiger partial charge in [0.25, 0.3) is 0 Å². The molecule has 84 valence electrons. The number of aliphatic carboxylic acids is 1. The first-order chi connectivity index (χ1) is 7.54. The van der Waals surface area contributed by atoms with Crippen LogP contribution in [0.5, 0.6) is 0 Å². The van der Waals surface area contributed by atoms with Crippen LogP contribution >= 0.6 is 0 Å². The van der Waals surface area contributed by atoms with Crippen molar-refractivity contribution in [1.82, 2.24) is 0 Å². The van der Waals surface area contributed by atoms with Gasteiger partial charge in [-0.25, -0.2) is 4.79 Å². The van der Waals surface area contributed by atoms with E-state index < -0.39 is 5.97 Å². The lowest BCUT2D eigenvalue weighted by Gasteiger charge is -2.03. The van der Waals surface area contributed by atoms with Crippen molar-refractivity contribution in [2.45, 2.75) is 6.92 Å². The second-order valence-electron chi connectivity index (χ2n) is 3.23. The first-order valence-corrected chi connectivity index (χ1v) is 4.54. The van der Waals surface area contributed by atoms with Gasteiger partial charge in [-0.15, -0.1) is 0 Å². The standard InChI is InChI=1S/C11H12N2O3/c1-7-6-9(11(12)13-16)3-2-8(7)4-5-10(14)15/h2-6,16H,1H3,(H2,12,13)(H,14,15). The summed E-state index contributed by atoms with van der Waals surface area (Å²) >= 11 is 0. The Morgan fingerprint density at radius 3 is 2.69 bits per heavy atom. The number of benzene rings is 1. The Morgan fingerprint density at radius 2 is 2.19 bits per heavy atom. The van der Waals surface area contributed by atoms with Gasteiger partial charge in [0.1, 0.15) is 0 Å². The van der Waals surface area contributed by atoms with Crippen LogP contribution in [0.3, 0.4) is 0 Å². The molecule has 1 aromatic carbocycles. The number of hydrogen-bond acceptors (Lipinski definition) is 3. The lowest BCUT2D eigenvalue weighted by Crippen LogP contribution is -2.13. The zero-order valence-corrected chi connectivity index (χ0v) is 8.71. The molecular formula is C11H12N2O3. The van der Waals surface area contributed by atoms with Crippen molar-refractivity contribution in [2.75, 3.05) is 0 Å². The Kier molecular flexibility index (Phi) is 3.66. The minimum absolute atomic E-state index is 0.0249. The maximum absolute atomic E-state index is 10.3. The number of hydrogen-bond donors (Lipinski definition) is 3. The van der Waals surface area contributed by atoms with Crippen molar-refractivity contribution in [3.63, 3.8) is 0 Å². The van der Waals surface area contributed by atoms with Gasteiger partial charge in [-0.1, -0.05) is 17.3 Å². The molecular weight excluding hydrogens is 208 g/mol. The molecule has 0 spiro atoms. The maximum Gasteiger partial charge on any atom is 0.328 e. The zero-order chi connectivity index (χ0) is 12.1. The van der Waals surface area contributed by atoms with Gasteiger partial charge >= 0.3 is 5.97 Å². The van der Waals surface area contributed by atoms with Crippen molar-refractivity contribution in [1.29, 1.82) is 0 Å². The number of aryl methyl sites for hydroxylation is 1. The van der Waals surface area contributed by atoms with Crippen molar-refractivity contribution in [2.24, 2.45) is 10.9 Å². The van der Waals surface area contributed by atoms with E-state index in [-0.39, 0.29) is 5.84 Å². The molecule has 0 aromatic heterocycles. The van der Waals surface area contributed by atoms with Crippen LogP contribution in [0.15, 0.2) is 29.4 Å². The van der Waals surface area contributed by atoms with E-state index in [2.05, 4.69) is 5.16 Å². The normalized spacial score (nSPS) is 11.9. The van der Waals surface area contributed by atoms with E-state index in [0.717, 1.165) is 17.2 Å². The van der Waals surface area contributed by atoms with Crippen LogP contribution in [-0.4, -0.2) is 22.1 Å². The van der Waals surface area contributed by atoms with Gasteiger partial charge in [0.05, 0.1) is 0 Å². The summed E-state index contributed by atoms with van der Waals surface area (Å²) in [5.41, 5.74) is 7.64. The van der Waals surface area contributed by atoms with E-state index in [4.69, 9.17) is 16.0 Å². The number of amidine groups is 1. The molecule has 0 radical (unpaired) electrons. The van der Waals surface area contributed by atoms with Gasteiger partial charge < -0.3 is 16.0 Å². The van der Waals surface area contributed by atoms with Crippen LogP contribution in [0.25, 0.3) is 6.08 Å². The average molecular weight is 220 g/mol. The summed E-state index contributed by atoms with van der Waals surface area (Å²) in [6.45, 7) is 1.82. The molecule has 5 heteroatoms. The molecule has 0 saturated heterocycles. The molecule has 0 amide bonds. The zero-order valence-electron chi connectivity index (χ0n) is 8.71. The molecule has 16 heavy (non-hydrogen) atoms. The van der Waals surface area contributed by atoms with Crippen LogP contribution in [0, 0.1) is 6.92 Å². The second-order valence-corrected chi connectivity index (χ2v) is 3.23. The first kappa shape index (κ1) is 11.8. The molecule has 0 aliphatic carbocycles. The predicted molar refractivity (Wildman–Crippen MR) is 60.4 cm³/mol. The lowest BCUT2D eigenvalue weighted by molar-refractivity contribution is -0.131. The number of rotatable bonds is 3. The fraction of sp³-hybridized carbons (Fsp3) is 0.0909. The Hall–Kier alpha value is -2.30. The van der Waals surface area contributed by atoms with E-state index in [9.17, 15) is 4.79 Å². The van der Waals surface area contributed by atoms with Gasteiger partial charge in [0, 0.05) is 11.6 Å². The number of carbonyl (C=O) groups is 1. The lowest BCUT2D eigenvalue weighted by atomic mass is 10.0. The summed E-state index contributed by atoms with van der Waals surface area (Å²) < 4.78 is 0. The molecule has 0 fully saturated rings. The molecule has 0 heterocycles. The summed E-state index contributed by atoms with van der Waals surface area (Å²) in [5, 5.41) is 19.9. The highest BCUT2D eigenvalue weighted by Gasteiger charge is 2.01. The van der Waals surface area contributed by atoms with Crippen LogP contribution in [0.1, 0.15) is 16.7 Å². The summed E-state index contributed by atoms with van der Waals surface area (Å²) in [4.78, 5) is 10.3. The van der Waals surface area contributed by atoms with Gasteiger partial charge in [0.2, 0.25) is 0 Å². The molecule has 0 atom stereocenters. The Morgan fingerprint density at radius 1 is 1.50 bits per heavy atom. The SMILES string of the molecule is Cc1cc(/C(N)=N/O)ccc1C=CC(=O)O. The maximum atomic E-state index is 10.3. The Labute approximate surface area is 92.5 Å². The van der Waals surface area contributed by atoms with Crippen LogP contribution in [-0.2, 0) is 4.79 Å². The van der Waals surface area contributed by atoms with Crippen molar-refractivity contribution >= 4 is 17.9 Å². The van der Waals surface area contributed by atoms with Gasteiger partial charge in [-0.05, 0) is 30.2 Å². The highest BCUT2D eigenvalue weighted by molar-refractivity contribution is 5.97. The number of nitrogens with two attached hydrogens (primary N) is 1. The molecule has 0 saturated carbocycles. The van der Waals surface area contributed by atoms with Crippen molar-refractivity contribution in [3.8, 4) is 0 Å². The third kappa shape index (κ3) is 2.84. The van der Waals surface area contributed by atoms with Crippen LogP contribution in [0.4, 0.5) is 0 Å². The molecule has 1 aromatic rings. The van der Waals surface area contributed by atoms with Crippen molar-refractivity contribution in [3.05, 3.63) is 41.0 Å². The Balaban J connectivity index is 3.05. The molecule has 5 nitrogen and oxygen atoms in total. The number of carboxylic acids is 1. The number of carboxylic acid groups (broad SMARTS) is 1. The number of nitrogens with zero attached hydrogens (tertiary/aromatic N) is 1. The van der Waals surface area contributed by atoms with Gasteiger partial charge in [0.15, 0.2) is 5.84 Å². The topological polar surface area (TPSA) is 95.9 Å². The third-order valence-corrected chi connectivity index (χ3v) is 2.08. The first-order valence-electron chi connectivity index (χ1n) is 4.54. The summed E-state index contributed by atoms with van der Waals surface area (Å²) in [6, 6.07) is 5.09. The quantitative estimate of drug-likeness (QED) is 0.234. The van der Waals surface area contributed by atoms with Crippen LogP contribution < -0.4 is 5.73 Å². The predicted octanol–water partition coefficient (Wildman–Crippen LogP) is 1.19. The molecule has 0 bridgehead atoms. The minimum atomic E-state index is -1.00. The number of oxime groups is 1. The van der Waals surface area contributed by atoms with Crippen molar-refractivity contribution < 1.29 is 15.1 Å². The highest BCUT2D eigenvalue weighted by Crippen LogP contribution is 2.12. The van der Waals surface area contributed by atoms with E-state index in [1.807, 2.05) is 6.92 Å². The van der Waals surface area contributed by atoms with E-state index >= 15 is 0 Å². The smallest absolute Gasteiger partial charge is 0.328 e. The molecule has 0 unspecified atom stereocenters. The van der Waals surface area contributed by atoms with E-state index in [1.54, 1.807) is 18.2 Å². The third-order valence-electron chi connectivity index (χ3n) is 2.08. The summed E-state index contributed by atoms with van der Waals surface area (Å²) in [6.07, 6.45) is 2.55. The summed E-state index contributed by atoms with van der Waals surface area (Å²) in [5.74, 6) is -0.975. The largest absolute Gasteiger partial charge is 0.478 e. The second kappa shape index (κ2) is 4.97. The van der Waals surface area contributed by atoms with E-state index in [1.165, 1.54) is 6.08 Å². The summed E-state index contributed by atoms with van der Waals surface area (Å²) in [7, 11) is 0. The molecule has 1 rings (SSSR count). The van der Waals surface area contributed by atoms with Gasteiger partial charge in [-0.3, -0.25) is 0 Å². The minimum Gasteiger partial charge on any atom is -0.478 e. The molecule has 4 N–H and O–H groups in total. The average Bonchev–Trinajstić information content (AvgIpc) is 2.26. The monoisotopic (exact) mass is 220 g/mol.